The predicted octanol–water partition coefficient (Wildman–Crippen LogP) is 0.0959. The molecule has 5 saturated carbocycles. The van der Waals surface area contributed by atoms with Gasteiger partial charge in [-0.05, 0) is 53.8 Å². The zero-order chi connectivity index (χ0) is 8.48. The molecule has 0 saturated heterocycles. The van der Waals surface area contributed by atoms with E-state index in [1.807, 2.05) is 0 Å². The molecular formula is C11H14O2. The molecule has 13 heavy (non-hydrogen) atoms. The van der Waals surface area contributed by atoms with Crippen molar-refractivity contribution in [2.75, 3.05) is 0 Å². The molecule has 0 amide bonds. The van der Waals surface area contributed by atoms with E-state index in [1.54, 1.807) is 0 Å². The largest absolute Gasteiger partial charge is 0.393 e. The van der Waals surface area contributed by atoms with Gasteiger partial charge >= 0.3 is 0 Å². The first-order valence-electron chi connectivity index (χ1n) is 5.67. The Labute approximate surface area is 76.9 Å². The van der Waals surface area contributed by atoms with E-state index >= 15 is 0 Å². The monoisotopic (exact) mass is 178 g/mol. The van der Waals surface area contributed by atoms with Gasteiger partial charge in [0, 0.05) is 0 Å². The molecule has 0 unspecified atom stereocenters. The van der Waals surface area contributed by atoms with Crippen LogP contribution in [0.4, 0.5) is 0 Å². The summed E-state index contributed by atoms with van der Waals surface area (Å²) in [5.41, 5.74) is 0. The lowest BCUT2D eigenvalue weighted by atomic mass is 9.58. The first kappa shape index (κ1) is 6.41. The average molecular weight is 178 g/mol. The van der Waals surface area contributed by atoms with Gasteiger partial charge in [-0.2, -0.15) is 0 Å². The number of fused-ring (bicyclic) bond motifs is 2. The van der Waals surface area contributed by atoms with E-state index in [2.05, 4.69) is 0 Å². The van der Waals surface area contributed by atoms with E-state index in [0.29, 0.717) is 23.7 Å². The lowest BCUT2D eigenvalue weighted by molar-refractivity contribution is -0.109. The number of rotatable bonds is 0. The lowest BCUT2D eigenvalue weighted by Gasteiger charge is -2.47. The highest BCUT2D eigenvalue weighted by molar-refractivity contribution is 5.30. The molecule has 5 rings (SSSR count). The minimum absolute atomic E-state index is 0.0304. The highest BCUT2D eigenvalue weighted by Crippen LogP contribution is 2.82. The van der Waals surface area contributed by atoms with Gasteiger partial charge in [0.15, 0.2) is 0 Å². The van der Waals surface area contributed by atoms with Crippen molar-refractivity contribution in [1.82, 2.24) is 0 Å². The SMILES string of the molecule is O[C@@H]1[C@H]2[C@@H]3[C@H](O)[C@H]4[C@H]5C[C@@H]([C@@H]2[C@@H]53)[C@@H]14. The molecule has 0 aromatic carbocycles. The molecular weight excluding hydrogens is 164 g/mol. The third-order valence-electron chi connectivity index (χ3n) is 6.32. The second kappa shape index (κ2) is 1.49. The van der Waals surface area contributed by atoms with Crippen LogP contribution in [0.1, 0.15) is 6.42 Å². The fourth-order valence-corrected chi connectivity index (χ4v) is 6.44. The first-order valence-corrected chi connectivity index (χ1v) is 5.67. The molecule has 5 fully saturated rings. The minimum atomic E-state index is -0.0304. The van der Waals surface area contributed by atoms with E-state index in [-0.39, 0.29) is 12.2 Å². The molecule has 70 valence electrons. The molecule has 5 aliphatic rings. The van der Waals surface area contributed by atoms with Gasteiger partial charge in [0.2, 0.25) is 0 Å². The quantitative estimate of drug-likeness (QED) is 0.552. The summed E-state index contributed by atoms with van der Waals surface area (Å²) >= 11 is 0. The normalized spacial score (nSPS) is 85.4. The van der Waals surface area contributed by atoms with E-state index in [0.717, 1.165) is 23.7 Å². The minimum Gasteiger partial charge on any atom is -0.393 e. The van der Waals surface area contributed by atoms with Gasteiger partial charge in [0.25, 0.3) is 0 Å². The van der Waals surface area contributed by atoms with Gasteiger partial charge in [-0.25, -0.2) is 0 Å². The average Bonchev–Trinajstić information content (AvgIpc) is 2.52. The summed E-state index contributed by atoms with van der Waals surface area (Å²) in [6, 6.07) is 0. The van der Waals surface area contributed by atoms with Gasteiger partial charge in [0.1, 0.15) is 0 Å². The molecule has 0 spiro atoms. The van der Waals surface area contributed by atoms with Gasteiger partial charge in [0.05, 0.1) is 12.2 Å². The highest BCUT2D eigenvalue weighted by Gasteiger charge is 2.83. The zero-order valence-corrected chi connectivity index (χ0v) is 7.38. The Morgan fingerprint density at radius 2 is 1.08 bits per heavy atom. The Kier molecular flexibility index (Phi) is 0.733. The predicted molar refractivity (Wildman–Crippen MR) is 44.6 cm³/mol. The van der Waals surface area contributed by atoms with Crippen molar-refractivity contribution in [3.05, 3.63) is 0 Å². The van der Waals surface area contributed by atoms with Crippen molar-refractivity contribution >= 4 is 0 Å². The van der Waals surface area contributed by atoms with E-state index in [4.69, 9.17) is 0 Å². The van der Waals surface area contributed by atoms with E-state index in [9.17, 15) is 10.2 Å². The van der Waals surface area contributed by atoms with E-state index < -0.39 is 0 Å². The Balaban J connectivity index is 1.83. The summed E-state index contributed by atoms with van der Waals surface area (Å²) in [5.74, 6) is 5.33. The third kappa shape index (κ3) is 0.375. The molecule has 0 radical (unpaired) electrons. The fraction of sp³-hybridized carbons (Fsp3) is 1.00. The van der Waals surface area contributed by atoms with Gasteiger partial charge < -0.3 is 10.2 Å². The highest BCUT2D eigenvalue weighted by atomic mass is 16.3. The number of aliphatic hydroxyl groups excluding tert-OH is 2. The van der Waals surface area contributed by atoms with Crippen LogP contribution in [0.25, 0.3) is 0 Å². The van der Waals surface area contributed by atoms with Crippen LogP contribution >= 0.6 is 0 Å². The molecule has 0 aromatic heterocycles. The second-order valence-corrected chi connectivity index (χ2v) is 6.01. The van der Waals surface area contributed by atoms with Crippen LogP contribution < -0.4 is 0 Å². The van der Waals surface area contributed by atoms with Crippen molar-refractivity contribution in [3.63, 3.8) is 0 Å². The summed E-state index contributed by atoms with van der Waals surface area (Å²) in [4.78, 5) is 0. The molecule has 5 aliphatic carbocycles. The Bertz CT molecular complexity index is 281. The molecule has 10 atom stereocenters. The van der Waals surface area contributed by atoms with Crippen LogP contribution in [0.5, 0.6) is 0 Å². The van der Waals surface area contributed by atoms with Gasteiger partial charge in [-0.15, -0.1) is 0 Å². The zero-order valence-electron chi connectivity index (χ0n) is 7.38. The maximum atomic E-state index is 10.1. The van der Waals surface area contributed by atoms with Gasteiger partial charge in [-0.1, -0.05) is 0 Å². The van der Waals surface area contributed by atoms with Crippen molar-refractivity contribution in [1.29, 1.82) is 0 Å². The summed E-state index contributed by atoms with van der Waals surface area (Å²) in [6.45, 7) is 0. The molecule has 2 bridgehead atoms. The molecule has 2 nitrogen and oxygen atoms in total. The summed E-state index contributed by atoms with van der Waals surface area (Å²) < 4.78 is 0. The van der Waals surface area contributed by atoms with Crippen molar-refractivity contribution in [2.24, 2.45) is 47.3 Å². The van der Waals surface area contributed by atoms with Gasteiger partial charge in [-0.3, -0.25) is 0 Å². The number of aliphatic hydroxyl groups is 2. The molecule has 0 aromatic rings. The van der Waals surface area contributed by atoms with Crippen LogP contribution in [0.3, 0.4) is 0 Å². The van der Waals surface area contributed by atoms with E-state index in [1.165, 1.54) is 6.42 Å². The first-order chi connectivity index (χ1) is 6.30. The fourth-order valence-electron chi connectivity index (χ4n) is 6.44. The van der Waals surface area contributed by atoms with Crippen LogP contribution in [-0.4, -0.2) is 22.4 Å². The smallest absolute Gasteiger partial charge is 0.0609 e. The van der Waals surface area contributed by atoms with Crippen molar-refractivity contribution < 1.29 is 10.2 Å². The molecule has 2 N–H and O–H groups in total. The maximum absolute atomic E-state index is 10.1. The number of hydrogen-bond acceptors (Lipinski definition) is 2. The standard InChI is InChI=1S/C11H14O2/c12-10-6-2-1-3-5-4(2)8(10)9(5)11(13)7(3)6/h2-13H,1H2/t2-,3-,4+,5+,6-,7+,8+,9+,10+,11-/m0/s1. The molecule has 0 aliphatic heterocycles. The summed E-state index contributed by atoms with van der Waals surface area (Å²) in [5, 5.41) is 20.2. The van der Waals surface area contributed by atoms with Crippen molar-refractivity contribution in [2.45, 2.75) is 18.6 Å². The molecule has 0 heterocycles. The lowest BCUT2D eigenvalue weighted by Crippen LogP contribution is -2.51. The maximum Gasteiger partial charge on any atom is 0.0609 e. The topological polar surface area (TPSA) is 40.5 Å². The second-order valence-electron chi connectivity index (χ2n) is 6.01. The van der Waals surface area contributed by atoms with Crippen LogP contribution in [-0.2, 0) is 0 Å². The Morgan fingerprint density at radius 3 is 1.54 bits per heavy atom. The number of hydrogen-bond donors (Lipinski definition) is 2. The van der Waals surface area contributed by atoms with Crippen LogP contribution in [0, 0.1) is 47.3 Å². The Hall–Kier alpha value is -0.0800. The summed E-state index contributed by atoms with van der Waals surface area (Å²) in [6.07, 6.45) is 1.28. The van der Waals surface area contributed by atoms with Crippen molar-refractivity contribution in [3.8, 4) is 0 Å². The third-order valence-corrected chi connectivity index (χ3v) is 6.32. The summed E-state index contributed by atoms with van der Waals surface area (Å²) in [7, 11) is 0. The molecule has 2 heteroatoms. The van der Waals surface area contributed by atoms with Crippen LogP contribution in [0.15, 0.2) is 0 Å². The van der Waals surface area contributed by atoms with Crippen LogP contribution in [0.2, 0.25) is 0 Å². The Morgan fingerprint density at radius 1 is 0.615 bits per heavy atom.